The lowest BCUT2D eigenvalue weighted by atomic mass is 9.96. The van der Waals surface area contributed by atoms with Gasteiger partial charge in [0.15, 0.2) is 0 Å². The van der Waals surface area contributed by atoms with E-state index in [9.17, 15) is 4.79 Å². The molecule has 1 amide bonds. The van der Waals surface area contributed by atoms with Gasteiger partial charge in [0, 0.05) is 37.6 Å². The van der Waals surface area contributed by atoms with Crippen LogP contribution >= 0.6 is 0 Å². The van der Waals surface area contributed by atoms with E-state index >= 15 is 0 Å². The number of imidazole rings is 1. The van der Waals surface area contributed by atoms with Crippen LogP contribution in [0.1, 0.15) is 24.6 Å². The van der Waals surface area contributed by atoms with Crippen molar-refractivity contribution in [3.8, 4) is 0 Å². The fraction of sp³-hybridized carbons (Fsp3) is 0.429. The Morgan fingerprint density at radius 3 is 2.73 bits per heavy atom. The number of nitrogens with zero attached hydrogens (tertiary/aromatic N) is 5. The van der Waals surface area contributed by atoms with E-state index in [0.717, 1.165) is 31.8 Å². The molecule has 1 aliphatic heterocycles. The Hall–Kier alpha value is -2.64. The molecule has 3 heterocycles. The molecule has 0 unspecified atom stereocenters. The van der Waals surface area contributed by atoms with Crippen LogP contribution < -0.4 is 16.4 Å². The summed E-state index contributed by atoms with van der Waals surface area (Å²) in [7, 11) is 0. The van der Waals surface area contributed by atoms with Crippen molar-refractivity contribution < 1.29 is 4.79 Å². The minimum Gasteiger partial charge on any atom is -0.384 e. The molecule has 0 atom stereocenters. The Labute approximate surface area is 128 Å². The van der Waals surface area contributed by atoms with Gasteiger partial charge in [-0.1, -0.05) is 0 Å². The van der Waals surface area contributed by atoms with Crippen LogP contribution in [0.3, 0.4) is 0 Å². The molecule has 8 heteroatoms. The van der Waals surface area contributed by atoms with Crippen molar-refractivity contribution in [3.63, 3.8) is 0 Å². The smallest absolute Gasteiger partial charge is 0.237 e. The van der Waals surface area contributed by atoms with Crippen molar-refractivity contribution in [2.75, 3.05) is 23.7 Å². The van der Waals surface area contributed by atoms with Crippen LogP contribution in [0.25, 0.3) is 0 Å². The standard InChI is InChI=1S/C14H19N7O/c15-11-1-4-18-14(19-11)20-6-2-10(3-7-20)13-17-5-8-21(13)9-12(16)22/h1,4-5,8,10H,2-3,6-7,9H2,(H2,16,22)(H2,15,18,19). The Bertz CT molecular complexity index is 661. The Kier molecular flexibility index (Phi) is 3.90. The van der Waals surface area contributed by atoms with Gasteiger partial charge in [-0.05, 0) is 18.9 Å². The maximum Gasteiger partial charge on any atom is 0.237 e. The SMILES string of the molecule is NC(=O)Cn1ccnc1C1CCN(c2nccc(N)n2)CC1. The molecule has 2 aromatic rings. The number of amides is 1. The molecule has 0 radical (unpaired) electrons. The molecular formula is C14H19N7O. The zero-order valence-electron chi connectivity index (χ0n) is 12.2. The molecule has 1 fully saturated rings. The molecular weight excluding hydrogens is 282 g/mol. The summed E-state index contributed by atoms with van der Waals surface area (Å²) in [5.41, 5.74) is 11.0. The highest BCUT2D eigenvalue weighted by molar-refractivity contribution is 5.73. The summed E-state index contributed by atoms with van der Waals surface area (Å²) < 4.78 is 1.83. The molecule has 3 rings (SSSR count). The molecule has 0 bridgehead atoms. The van der Waals surface area contributed by atoms with E-state index in [1.54, 1.807) is 24.7 Å². The Morgan fingerprint density at radius 1 is 1.27 bits per heavy atom. The molecule has 2 aromatic heterocycles. The number of primary amides is 1. The van der Waals surface area contributed by atoms with Crippen LogP contribution in [0.4, 0.5) is 11.8 Å². The second-order valence-electron chi connectivity index (χ2n) is 5.42. The fourth-order valence-corrected chi connectivity index (χ4v) is 2.83. The first-order valence-electron chi connectivity index (χ1n) is 7.26. The summed E-state index contributed by atoms with van der Waals surface area (Å²) in [4.78, 5) is 26.1. The predicted molar refractivity (Wildman–Crippen MR) is 82.1 cm³/mol. The zero-order chi connectivity index (χ0) is 15.5. The van der Waals surface area contributed by atoms with Crippen LogP contribution in [0.2, 0.25) is 0 Å². The third kappa shape index (κ3) is 3.00. The van der Waals surface area contributed by atoms with Crippen LogP contribution in [0, 0.1) is 0 Å². The minimum absolute atomic E-state index is 0.174. The van der Waals surface area contributed by atoms with Crippen molar-refractivity contribution in [1.29, 1.82) is 0 Å². The number of aromatic nitrogens is 4. The van der Waals surface area contributed by atoms with Gasteiger partial charge in [0.1, 0.15) is 18.2 Å². The third-order valence-corrected chi connectivity index (χ3v) is 3.88. The topological polar surface area (TPSA) is 116 Å². The second-order valence-corrected chi connectivity index (χ2v) is 5.42. The van der Waals surface area contributed by atoms with Gasteiger partial charge in [-0.3, -0.25) is 4.79 Å². The van der Waals surface area contributed by atoms with Gasteiger partial charge in [0.05, 0.1) is 0 Å². The first-order chi connectivity index (χ1) is 10.6. The fourth-order valence-electron chi connectivity index (χ4n) is 2.83. The van der Waals surface area contributed by atoms with Gasteiger partial charge < -0.3 is 20.9 Å². The average Bonchev–Trinajstić information content (AvgIpc) is 2.95. The molecule has 8 nitrogen and oxygen atoms in total. The van der Waals surface area contributed by atoms with E-state index in [0.29, 0.717) is 17.7 Å². The van der Waals surface area contributed by atoms with Crippen LogP contribution in [0.5, 0.6) is 0 Å². The number of carbonyl (C=O) groups is 1. The predicted octanol–water partition coefficient (Wildman–Crippen LogP) is 0.125. The molecule has 1 aliphatic rings. The highest BCUT2D eigenvalue weighted by Crippen LogP contribution is 2.28. The number of hydrogen-bond donors (Lipinski definition) is 2. The number of nitrogen functional groups attached to an aromatic ring is 1. The molecule has 0 aromatic carbocycles. The zero-order valence-corrected chi connectivity index (χ0v) is 12.2. The maximum absolute atomic E-state index is 11.1. The lowest BCUT2D eigenvalue weighted by Crippen LogP contribution is -2.35. The average molecular weight is 301 g/mol. The first kappa shape index (κ1) is 14.3. The quantitative estimate of drug-likeness (QED) is 0.829. The summed E-state index contributed by atoms with van der Waals surface area (Å²) in [6, 6.07) is 1.68. The monoisotopic (exact) mass is 301 g/mol. The van der Waals surface area contributed by atoms with Crippen molar-refractivity contribution in [3.05, 3.63) is 30.5 Å². The molecule has 1 saturated heterocycles. The second kappa shape index (κ2) is 6.00. The van der Waals surface area contributed by atoms with E-state index in [1.165, 1.54) is 0 Å². The minimum atomic E-state index is -0.357. The number of nitrogens with two attached hydrogens (primary N) is 2. The van der Waals surface area contributed by atoms with Crippen molar-refractivity contribution in [2.24, 2.45) is 5.73 Å². The lowest BCUT2D eigenvalue weighted by molar-refractivity contribution is -0.118. The largest absolute Gasteiger partial charge is 0.384 e. The molecule has 0 aliphatic carbocycles. The summed E-state index contributed by atoms with van der Waals surface area (Å²) >= 11 is 0. The number of carbonyl (C=O) groups excluding carboxylic acids is 1. The normalized spacial score (nSPS) is 15.9. The van der Waals surface area contributed by atoms with Crippen molar-refractivity contribution in [1.82, 2.24) is 19.5 Å². The van der Waals surface area contributed by atoms with E-state index in [1.807, 2.05) is 4.57 Å². The Balaban J connectivity index is 1.67. The van der Waals surface area contributed by atoms with Crippen molar-refractivity contribution in [2.45, 2.75) is 25.3 Å². The van der Waals surface area contributed by atoms with Gasteiger partial charge in [0.2, 0.25) is 11.9 Å². The number of rotatable bonds is 4. The molecule has 116 valence electrons. The molecule has 0 saturated carbocycles. The highest BCUT2D eigenvalue weighted by Gasteiger charge is 2.25. The number of anilines is 2. The first-order valence-corrected chi connectivity index (χ1v) is 7.26. The number of hydrogen-bond acceptors (Lipinski definition) is 6. The molecule has 22 heavy (non-hydrogen) atoms. The van der Waals surface area contributed by atoms with E-state index in [4.69, 9.17) is 11.5 Å². The highest BCUT2D eigenvalue weighted by atomic mass is 16.1. The summed E-state index contributed by atoms with van der Waals surface area (Å²) in [6.45, 7) is 1.84. The maximum atomic E-state index is 11.1. The van der Waals surface area contributed by atoms with Crippen molar-refractivity contribution >= 4 is 17.7 Å². The summed E-state index contributed by atoms with van der Waals surface area (Å²) in [6.07, 6.45) is 7.03. The van der Waals surface area contributed by atoms with Gasteiger partial charge in [-0.25, -0.2) is 9.97 Å². The van der Waals surface area contributed by atoms with Gasteiger partial charge in [-0.15, -0.1) is 0 Å². The Morgan fingerprint density at radius 2 is 2.05 bits per heavy atom. The van der Waals surface area contributed by atoms with Gasteiger partial charge in [-0.2, -0.15) is 4.98 Å². The van der Waals surface area contributed by atoms with Gasteiger partial charge in [0.25, 0.3) is 0 Å². The third-order valence-electron chi connectivity index (χ3n) is 3.88. The summed E-state index contributed by atoms with van der Waals surface area (Å²) in [5.74, 6) is 2.02. The van der Waals surface area contributed by atoms with Crippen LogP contribution in [0.15, 0.2) is 24.7 Å². The van der Waals surface area contributed by atoms with Crippen LogP contribution in [-0.2, 0) is 11.3 Å². The summed E-state index contributed by atoms with van der Waals surface area (Å²) in [5, 5.41) is 0. The van der Waals surface area contributed by atoms with Crippen LogP contribution in [-0.4, -0.2) is 38.5 Å². The number of piperidine rings is 1. The van der Waals surface area contributed by atoms with E-state index in [2.05, 4.69) is 19.9 Å². The van der Waals surface area contributed by atoms with E-state index in [-0.39, 0.29) is 12.5 Å². The lowest BCUT2D eigenvalue weighted by Gasteiger charge is -2.31. The van der Waals surface area contributed by atoms with Gasteiger partial charge >= 0.3 is 0 Å². The van der Waals surface area contributed by atoms with E-state index < -0.39 is 0 Å². The molecule has 0 spiro atoms. The molecule has 4 N–H and O–H groups in total.